The minimum atomic E-state index is 0.745. The van der Waals surface area contributed by atoms with Gasteiger partial charge in [-0.05, 0) is 19.0 Å². The van der Waals surface area contributed by atoms with E-state index < -0.39 is 0 Å². The van der Waals surface area contributed by atoms with E-state index in [1.807, 2.05) is 6.07 Å². The summed E-state index contributed by atoms with van der Waals surface area (Å²) in [4.78, 5) is 14.5. The first-order chi connectivity index (χ1) is 14.2. The number of anilines is 2. The van der Waals surface area contributed by atoms with Crippen LogP contribution in [-0.4, -0.2) is 47.6 Å². The number of hydrogen-bond donors (Lipinski definition) is 1. The molecule has 0 bridgehead atoms. The van der Waals surface area contributed by atoms with Crippen LogP contribution in [0, 0.1) is 6.92 Å². The van der Waals surface area contributed by atoms with Crippen molar-refractivity contribution in [3.63, 3.8) is 0 Å². The largest absolute Gasteiger partial charge is 0.366 e. The van der Waals surface area contributed by atoms with Crippen LogP contribution in [0.1, 0.15) is 18.1 Å². The summed E-state index contributed by atoms with van der Waals surface area (Å²) in [5.74, 6) is 1.68. The molecule has 0 atom stereocenters. The zero-order valence-corrected chi connectivity index (χ0v) is 17.3. The molecular formula is C24H29N5. The zero-order chi connectivity index (χ0) is 20.1. The minimum absolute atomic E-state index is 0.745. The SMILES string of the molecule is CCN1CCN(c2nc(NCc3ccc(C)cc3)cc(-c3ccccc3)n2)CC1. The van der Waals surface area contributed by atoms with Gasteiger partial charge in [-0.2, -0.15) is 4.98 Å². The van der Waals surface area contributed by atoms with Crippen molar-refractivity contribution >= 4 is 11.8 Å². The van der Waals surface area contributed by atoms with Gasteiger partial charge in [0.15, 0.2) is 0 Å². The molecule has 29 heavy (non-hydrogen) atoms. The van der Waals surface area contributed by atoms with Gasteiger partial charge in [-0.15, -0.1) is 0 Å². The molecule has 0 radical (unpaired) electrons. The second kappa shape index (κ2) is 9.05. The molecule has 1 fully saturated rings. The normalized spacial score (nSPS) is 14.8. The van der Waals surface area contributed by atoms with Gasteiger partial charge in [-0.25, -0.2) is 4.98 Å². The van der Waals surface area contributed by atoms with Crippen LogP contribution in [-0.2, 0) is 6.54 Å². The Morgan fingerprint density at radius 2 is 1.62 bits per heavy atom. The van der Waals surface area contributed by atoms with Gasteiger partial charge < -0.3 is 15.1 Å². The van der Waals surface area contributed by atoms with Crippen LogP contribution in [0.4, 0.5) is 11.8 Å². The highest BCUT2D eigenvalue weighted by Crippen LogP contribution is 2.24. The van der Waals surface area contributed by atoms with E-state index in [-0.39, 0.29) is 0 Å². The Kier molecular flexibility index (Phi) is 6.06. The fourth-order valence-corrected chi connectivity index (χ4v) is 3.59. The molecule has 2 aromatic carbocycles. The predicted molar refractivity (Wildman–Crippen MR) is 120 cm³/mol. The number of hydrogen-bond acceptors (Lipinski definition) is 5. The molecule has 0 saturated carbocycles. The molecule has 5 nitrogen and oxygen atoms in total. The van der Waals surface area contributed by atoms with Crippen molar-refractivity contribution in [1.29, 1.82) is 0 Å². The van der Waals surface area contributed by atoms with Gasteiger partial charge in [0, 0.05) is 44.4 Å². The summed E-state index contributed by atoms with van der Waals surface area (Å²) in [5.41, 5.74) is 4.59. The number of nitrogens with one attached hydrogen (secondary N) is 1. The first kappa shape index (κ1) is 19.4. The van der Waals surface area contributed by atoms with Gasteiger partial charge in [-0.3, -0.25) is 0 Å². The highest BCUT2D eigenvalue weighted by Gasteiger charge is 2.19. The first-order valence-corrected chi connectivity index (χ1v) is 10.4. The molecule has 1 saturated heterocycles. The Hall–Kier alpha value is -2.92. The van der Waals surface area contributed by atoms with Gasteiger partial charge in [0.2, 0.25) is 5.95 Å². The van der Waals surface area contributed by atoms with Crippen molar-refractivity contribution in [2.24, 2.45) is 0 Å². The quantitative estimate of drug-likeness (QED) is 0.687. The Morgan fingerprint density at radius 1 is 0.897 bits per heavy atom. The molecule has 0 spiro atoms. The van der Waals surface area contributed by atoms with Crippen molar-refractivity contribution < 1.29 is 0 Å². The molecule has 1 N–H and O–H groups in total. The standard InChI is InChI=1S/C24H29N5/c1-3-28-13-15-29(16-14-28)24-26-22(21-7-5-4-6-8-21)17-23(27-24)25-18-20-11-9-19(2)10-12-20/h4-12,17H,3,13-16,18H2,1-2H3,(H,25,26,27). The second-order valence-electron chi connectivity index (χ2n) is 7.56. The topological polar surface area (TPSA) is 44.3 Å². The van der Waals surface area contributed by atoms with E-state index in [2.05, 4.69) is 83.6 Å². The van der Waals surface area contributed by atoms with Gasteiger partial charge in [0.1, 0.15) is 5.82 Å². The van der Waals surface area contributed by atoms with Crippen molar-refractivity contribution in [3.8, 4) is 11.3 Å². The fourth-order valence-electron chi connectivity index (χ4n) is 3.59. The van der Waals surface area contributed by atoms with Crippen molar-refractivity contribution in [1.82, 2.24) is 14.9 Å². The lowest BCUT2D eigenvalue weighted by molar-refractivity contribution is 0.270. The number of rotatable bonds is 6. The fraction of sp³-hybridized carbons (Fsp3) is 0.333. The van der Waals surface area contributed by atoms with Crippen LogP contribution in [0.2, 0.25) is 0 Å². The molecule has 5 heteroatoms. The second-order valence-corrected chi connectivity index (χ2v) is 7.56. The third kappa shape index (κ3) is 4.93. The van der Waals surface area contributed by atoms with Gasteiger partial charge in [-0.1, -0.05) is 67.1 Å². The maximum atomic E-state index is 4.90. The molecule has 0 aliphatic carbocycles. The van der Waals surface area contributed by atoms with Gasteiger partial charge >= 0.3 is 0 Å². The molecule has 3 aromatic rings. The highest BCUT2D eigenvalue weighted by atomic mass is 15.3. The Balaban J connectivity index is 1.58. The molecule has 0 amide bonds. The molecule has 150 valence electrons. The number of likely N-dealkylation sites (N-methyl/N-ethyl adjacent to an activating group) is 1. The molecular weight excluding hydrogens is 358 g/mol. The lowest BCUT2D eigenvalue weighted by atomic mass is 10.1. The van der Waals surface area contributed by atoms with Crippen LogP contribution in [0.5, 0.6) is 0 Å². The van der Waals surface area contributed by atoms with Crippen molar-refractivity contribution in [2.45, 2.75) is 20.4 Å². The zero-order valence-electron chi connectivity index (χ0n) is 17.3. The van der Waals surface area contributed by atoms with E-state index in [1.165, 1.54) is 11.1 Å². The average molecular weight is 388 g/mol. The number of nitrogens with zero attached hydrogens (tertiary/aromatic N) is 4. The Bertz CT molecular complexity index is 916. The number of benzene rings is 2. The third-order valence-corrected chi connectivity index (χ3v) is 5.48. The Morgan fingerprint density at radius 3 is 2.31 bits per heavy atom. The monoisotopic (exact) mass is 387 g/mol. The Labute approximate surface area is 173 Å². The van der Waals surface area contributed by atoms with Gasteiger partial charge in [0.25, 0.3) is 0 Å². The maximum absolute atomic E-state index is 4.90. The molecule has 0 unspecified atom stereocenters. The third-order valence-electron chi connectivity index (χ3n) is 5.48. The van der Waals surface area contributed by atoms with E-state index >= 15 is 0 Å². The van der Waals surface area contributed by atoms with Crippen LogP contribution in [0.3, 0.4) is 0 Å². The summed E-state index contributed by atoms with van der Waals surface area (Å²) < 4.78 is 0. The molecule has 1 aliphatic rings. The lowest BCUT2D eigenvalue weighted by Gasteiger charge is -2.34. The molecule has 1 aliphatic heterocycles. The predicted octanol–water partition coefficient (Wildman–Crippen LogP) is 4.21. The van der Waals surface area contributed by atoms with E-state index in [4.69, 9.17) is 9.97 Å². The summed E-state index contributed by atoms with van der Waals surface area (Å²) in [6.45, 7) is 10.2. The van der Waals surface area contributed by atoms with Gasteiger partial charge in [0.05, 0.1) is 5.69 Å². The number of aromatic nitrogens is 2. The van der Waals surface area contributed by atoms with Crippen LogP contribution in [0.25, 0.3) is 11.3 Å². The summed E-state index contributed by atoms with van der Waals surface area (Å²) in [6, 6.07) is 21.0. The minimum Gasteiger partial charge on any atom is -0.366 e. The lowest BCUT2D eigenvalue weighted by Crippen LogP contribution is -2.46. The van der Waals surface area contributed by atoms with Crippen LogP contribution >= 0.6 is 0 Å². The van der Waals surface area contributed by atoms with E-state index in [9.17, 15) is 0 Å². The summed E-state index contributed by atoms with van der Waals surface area (Å²) in [6.07, 6.45) is 0. The summed E-state index contributed by atoms with van der Waals surface area (Å²) in [7, 11) is 0. The molecule has 4 rings (SSSR count). The number of aryl methyl sites for hydroxylation is 1. The van der Waals surface area contributed by atoms with E-state index in [0.29, 0.717) is 0 Å². The summed E-state index contributed by atoms with van der Waals surface area (Å²) >= 11 is 0. The highest BCUT2D eigenvalue weighted by molar-refractivity contribution is 5.64. The first-order valence-electron chi connectivity index (χ1n) is 10.4. The molecule has 2 heterocycles. The van der Waals surface area contributed by atoms with Crippen molar-refractivity contribution in [2.75, 3.05) is 42.9 Å². The van der Waals surface area contributed by atoms with Crippen LogP contribution < -0.4 is 10.2 Å². The van der Waals surface area contributed by atoms with Crippen molar-refractivity contribution in [3.05, 3.63) is 71.8 Å². The maximum Gasteiger partial charge on any atom is 0.227 e. The average Bonchev–Trinajstić information content (AvgIpc) is 2.79. The number of piperazine rings is 1. The van der Waals surface area contributed by atoms with E-state index in [1.54, 1.807) is 0 Å². The summed E-state index contributed by atoms with van der Waals surface area (Å²) in [5, 5.41) is 3.50. The molecule has 1 aromatic heterocycles. The smallest absolute Gasteiger partial charge is 0.227 e. The van der Waals surface area contributed by atoms with Crippen LogP contribution in [0.15, 0.2) is 60.7 Å². The van der Waals surface area contributed by atoms with E-state index in [0.717, 1.165) is 62.3 Å².